The van der Waals surface area contributed by atoms with Gasteiger partial charge in [0.1, 0.15) is 6.04 Å². The Morgan fingerprint density at radius 3 is 2.58 bits per heavy atom. The van der Waals surface area contributed by atoms with Gasteiger partial charge in [-0.15, -0.1) is 0 Å². The van der Waals surface area contributed by atoms with E-state index in [9.17, 15) is 4.79 Å². The predicted octanol–water partition coefficient (Wildman–Crippen LogP) is 4.19. The quantitative estimate of drug-likeness (QED) is 0.772. The maximum atomic E-state index is 12.2. The van der Waals surface area contributed by atoms with E-state index in [1.54, 1.807) is 25.1 Å². The molecule has 2 aromatic carbocycles. The number of carbonyl (C=O) groups is 1. The lowest BCUT2D eigenvalue weighted by atomic mass is 10.1. The summed E-state index contributed by atoms with van der Waals surface area (Å²) in [5, 5.41) is 7.32. The summed E-state index contributed by atoms with van der Waals surface area (Å²) in [4.78, 5) is 16.6. The fourth-order valence-corrected chi connectivity index (χ4v) is 2.43. The molecule has 6 heteroatoms. The van der Waals surface area contributed by atoms with Crippen molar-refractivity contribution in [1.29, 1.82) is 0 Å². The zero-order chi connectivity index (χ0) is 17.1. The lowest BCUT2D eigenvalue weighted by Crippen LogP contribution is -2.26. The van der Waals surface area contributed by atoms with Gasteiger partial charge in [-0.3, -0.25) is 4.79 Å². The summed E-state index contributed by atoms with van der Waals surface area (Å²) in [5.74, 6) is 0.525. The van der Waals surface area contributed by atoms with Crippen molar-refractivity contribution in [1.82, 2.24) is 15.5 Å². The van der Waals surface area contributed by atoms with Crippen LogP contribution in [0, 0.1) is 6.92 Å². The third kappa shape index (κ3) is 3.46. The van der Waals surface area contributed by atoms with Crippen LogP contribution in [0.5, 0.6) is 0 Å². The van der Waals surface area contributed by atoms with Gasteiger partial charge in [0.05, 0.1) is 5.02 Å². The molecule has 0 aliphatic heterocycles. The molecule has 0 aliphatic rings. The van der Waals surface area contributed by atoms with Crippen molar-refractivity contribution in [3.8, 4) is 11.4 Å². The van der Waals surface area contributed by atoms with Crippen LogP contribution in [0.15, 0.2) is 53.1 Å². The molecule has 5 nitrogen and oxygen atoms in total. The van der Waals surface area contributed by atoms with E-state index in [-0.39, 0.29) is 5.91 Å². The minimum absolute atomic E-state index is 0.194. The molecule has 24 heavy (non-hydrogen) atoms. The van der Waals surface area contributed by atoms with Gasteiger partial charge in [-0.2, -0.15) is 4.98 Å². The fraction of sp³-hybridized carbons (Fsp3) is 0.167. The van der Waals surface area contributed by atoms with E-state index in [2.05, 4.69) is 15.5 Å². The van der Waals surface area contributed by atoms with Crippen molar-refractivity contribution >= 4 is 17.5 Å². The normalized spacial score (nSPS) is 12.0. The van der Waals surface area contributed by atoms with Crippen LogP contribution in [0.25, 0.3) is 11.4 Å². The van der Waals surface area contributed by atoms with E-state index in [1.807, 2.05) is 37.3 Å². The number of rotatable bonds is 4. The molecule has 3 rings (SSSR count). The second-order valence-corrected chi connectivity index (χ2v) is 5.90. The number of aromatic nitrogens is 2. The highest BCUT2D eigenvalue weighted by Crippen LogP contribution is 2.26. The van der Waals surface area contributed by atoms with E-state index < -0.39 is 6.04 Å². The van der Waals surface area contributed by atoms with Crippen LogP contribution < -0.4 is 5.32 Å². The van der Waals surface area contributed by atoms with E-state index in [1.165, 1.54) is 0 Å². The second kappa shape index (κ2) is 6.84. The highest BCUT2D eigenvalue weighted by molar-refractivity contribution is 6.33. The Morgan fingerprint density at radius 2 is 1.88 bits per heavy atom. The molecule has 1 aromatic heterocycles. The number of nitrogens with zero attached hydrogens (tertiary/aromatic N) is 2. The summed E-state index contributed by atoms with van der Waals surface area (Å²) in [6, 6.07) is 14.2. The van der Waals surface area contributed by atoms with Gasteiger partial charge in [-0.25, -0.2) is 0 Å². The largest absolute Gasteiger partial charge is 0.341 e. The van der Waals surface area contributed by atoms with Gasteiger partial charge < -0.3 is 9.84 Å². The van der Waals surface area contributed by atoms with Gasteiger partial charge in [-0.1, -0.05) is 46.6 Å². The van der Waals surface area contributed by atoms with Crippen LogP contribution in [0.2, 0.25) is 5.02 Å². The molecule has 0 saturated heterocycles. The van der Waals surface area contributed by atoms with E-state index in [4.69, 9.17) is 16.1 Å². The minimum atomic E-state index is -0.414. The molecule has 0 aliphatic carbocycles. The molecule has 0 unspecified atom stereocenters. The van der Waals surface area contributed by atoms with Gasteiger partial charge in [-0.05, 0) is 38.1 Å². The molecule has 3 aromatic rings. The molecule has 0 spiro atoms. The number of halogens is 1. The topological polar surface area (TPSA) is 68.0 Å². The molecule has 0 bridgehead atoms. The lowest BCUT2D eigenvalue weighted by molar-refractivity contribution is 0.0932. The maximum Gasteiger partial charge on any atom is 0.251 e. The van der Waals surface area contributed by atoms with E-state index >= 15 is 0 Å². The van der Waals surface area contributed by atoms with Gasteiger partial charge in [0.15, 0.2) is 0 Å². The molecule has 0 radical (unpaired) electrons. The molecule has 122 valence electrons. The highest BCUT2D eigenvalue weighted by atomic mass is 35.5. The third-order valence-electron chi connectivity index (χ3n) is 3.59. The zero-order valence-electron chi connectivity index (χ0n) is 13.3. The smallest absolute Gasteiger partial charge is 0.251 e. The van der Waals surface area contributed by atoms with Crippen LogP contribution in [0.1, 0.15) is 34.8 Å². The van der Waals surface area contributed by atoms with E-state index in [0.29, 0.717) is 27.9 Å². The first kappa shape index (κ1) is 16.2. The van der Waals surface area contributed by atoms with Crippen LogP contribution >= 0.6 is 11.6 Å². The number of benzene rings is 2. The standard InChI is InChI=1S/C18H16ClN3O2/c1-11-7-9-13(10-8-11)17(23)20-12(2)18-21-16(22-24-18)14-5-3-4-6-15(14)19/h3-10,12H,1-2H3,(H,20,23)/t12-/m1/s1. The van der Waals surface area contributed by atoms with Crippen molar-refractivity contribution in [2.75, 3.05) is 0 Å². The number of nitrogens with one attached hydrogen (secondary N) is 1. The predicted molar refractivity (Wildman–Crippen MR) is 91.8 cm³/mol. The Balaban J connectivity index is 1.74. The third-order valence-corrected chi connectivity index (χ3v) is 3.92. The Kier molecular flexibility index (Phi) is 4.62. The molecule has 1 atom stereocenters. The van der Waals surface area contributed by atoms with Gasteiger partial charge >= 0.3 is 0 Å². The summed E-state index contributed by atoms with van der Waals surface area (Å²) in [6.07, 6.45) is 0. The average Bonchev–Trinajstić information content (AvgIpc) is 3.05. The molecular weight excluding hydrogens is 326 g/mol. The van der Waals surface area contributed by atoms with Crippen molar-refractivity contribution in [3.63, 3.8) is 0 Å². The van der Waals surface area contributed by atoms with Crippen molar-refractivity contribution in [3.05, 3.63) is 70.6 Å². The lowest BCUT2D eigenvalue weighted by Gasteiger charge is -2.09. The maximum absolute atomic E-state index is 12.2. The monoisotopic (exact) mass is 341 g/mol. The molecule has 1 N–H and O–H groups in total. The minimum Gasteiger partial charge on any atom is -0.341 e. The zero-order valence-corrected chi connectivity index (χ0v) is 14.0. The SMILES string of the molecule is Cc1ccc(C(=O)N[C@H](C)c2nc(-c3ccccc3Cl)no2)cc1. The van der Waals surface area contributed by atoms with E-state index in [0.717, 1.165) is 5.56 Å². The summed E-state index contributed by atoms with van der Waals surface area (Å²) in [7, 11) is 0. The number of carbonyl (C=O) groups excluding carboxylic acids is 1. The number of aryl methyl sites for hydroxylation is 1. The average molecular weight is 342 g/mol. The van der Waals surface area contributed by atoms with Crippen LogP contribution in [0.4, 0.5) is 0 Å². The van der Waals surface area contributed by atoms with Crippen LogP contribution in [0.3, 0.4) is 0 Å². The van der Waals surface area contributed by atoms with Gasteiger partial charge in [0.2, 0.25) is 11.7 Å². The number of hydrogen-bond acceptors (Lipinski definition) is 4. The van der Waals surface area contributed by atoms with Crippen LogP contribution in [-0.2, 0) is 0 Å². The molecular formula is C18H16ClN3O2. The summed E-state index contributed by atoms with van der Waals surface area (Å²) >= 11 is 6.13. The Hall–Kier alpha value is -2.66. The number of hydrogen-bond donors (Lipinski definition) is 1. The highest BCUT2D eigenvalue weighted by Gasteiger charge is 2.19. The second-order valence-electron chi connectivity index (χ2n) is 5.50. The Bertz CT molecular complexity index is 859. The molecule has 1 amide bonds. The summed E-state index contributed by atoms with van der Waals surface area (Å²) in [5.41, 5.74) is 2.37. The number of amides is 1. The fourth-order valence-electron chi connectivity index (χ4n) is 2.21. The first-order chi connectivity index (χ1) is 11.5. The van der Waals surface area contributed by atoms with Crippen molar-refractivity contribution < 1.29 is 9.32 Å². The Morgan fingerprint density at radius 1 is 1.17 bits per heavy atom. The van der Waals surface area contributed by atoms with Crippen molar-refractivity contribution in [2.45, 2.75) is 19.9 Å². The first-order valence-corrected chi connectivity index (χ1v) is 7.88. The first-order valence-electron chi connectivity index (χ1n) is 7.50. The van der Waals surface area contributed by atoms with Gasteiger partial charge in [0.25, 0.3) is 5.91 Å². The molecule has 0 fully saturated rings. The Labute approximate surface area is 144 Å². The van der Waals surface area contributed by atoms with Crippen LogP contribution in [-0.4, -0.2) is 16.0 Å². The van der Waals surface area contributed by atoms with Gasteiger partial charge in [0, 0.05) is 11.1 Å². The molecule has 1 heterocycles. The summed E-state index contributed by atoms with van der Waals surface area (Å²) < 4.78 is 5.26. The van der Waals surface area contributed by atoms with Crippen molar-refractivity contribution in [2.24, 2.45) is 0 Å². The molecule has 0 saturated carbocycles. The summed E-state index contributed by atoms with van der Waals surface area (Å²) in [6.45, 7) is 3.76.